The molecule has 4 atom stereocenters. The van der Waals surface area contributed by atoms with Gasteiger partial charge in [-0.15, -0.1) is 0 Å². The Labute approximate surface area is 264 Å². The van der Waals surface area contributed by atoms with Crippen LogP contribution in [0.5, 0.6) is 0 Å². The number of carbonyl (C=O) groups excluding carboxylic acids is 3. The molecule has 3 heterocycles. The Hall–Kier alpha value is -5.42. The van der Waals surface area contributed by atoms with Crippen molar-refractivity contribution in [2.24, 2.45) is 10.2 Å². The fourth-order valence-electron chi connectivity index (χ4n) is 5.94. The van der Waals surface area contributed by atoms with Crippen LogP contribution in [0.1, 0.15) is 43.9 Å². The summed E-state index contributed by atoms with van der Waals surface area (Å²) < 4.78 is 33.6. The van der Waals surface area contributed by atoms with Crippen LogP contribution in [-0.4, -0.2) is 77.5 Å². The van der Waals surface area contributed by atoms with Crippen molar-refractivity contribution in [2.75, 3.05) is 13.2 Å². The lowest BCUT2D eigenvalue weighted by Gasteiger charge is -2.28. The number of nitrogens with zero attached hydrogens (tertiary/aromatic N) is 4. The van der Waals surface area contributed by atoms with E-state index in [-0.39, 0.29) is 18.1 Å². The zero-order chi connectivity index (χ0) is 31.6. The van der Waals surface area contributed by atoms with Gasteiger partial charge >= 0.3 is 11.9 Å². The number of hydrogen-bond donors (Lipinski definition) is 0. The first kappa shape index (κ1) is 29.3. The average Bonchev–Trinajstić information content (AvgIpc) is 3.58. The number of hydrogen-bond acceptors (Lipinski definition) is 9. The van der Waals surface area contributed by atoms with E-state index in [0.29, 0.717) is 36.2 Å². The Bertz CT molecular complexity index is 1780. The monoisotopic (exact) mass is 620 g/mol. The predicted octanol–water partition coefficient (Wildman–Crippen LogP) is 4.92. The summed E-state index contributed by atoms with van der Waals surface area (Å²) in [5.41, 5.74) is 4.36. The second-order valence-electron chi connectivity index (χ2n) is 11.2. The van der Waals surface area contributed by atoms with Gasteiger partial charge in [0.05, 0.1) is 23.9 Å². The summed E-state index contributed by atoms with van der Waals surface area (Å²) in [6.07, 6.45) is -1.07. The van der Waals surface area contributed by atoms with Gasteiger partial charge in [0.15, 0.2) is 18.5 Å². The molecule has 0 aromatic heterocycles. The number of alkyl halides is 1. The lowest BCUT2D eigenvalue weighted by atomic mass is 10.0. The largest absolute Gasteiger partial charge is 0.459 e. The molecule has 0 saturated carbocycles. The minimum atomic E-state index is -1.85. The second kappa shape index (κ2) is 12.5. The van der Waals surface area contributed by atoms with Crippen molar-refractivity contribution in [3.8, 4) is 0 Å². The van der Waals surface area contributed by atoms with Crippen molar-refractivity contribution in [3.63, 3.8) is 0 Å². The van der Waals surface area contributed by atoms with Crippen molar-refractivity contribution >= 4 is 29.8 Å². The van der Waals surface area contributed by atoms with Crippen LogP contribution in [-0.2, 0) is 14.2 Å². The number of benzene rings is 3. The normalized spacial score (nSPS) is 23.3. The second-order valence-corrected chi connectivity index (χ2v) is 11.2. The lowest BCUT2D eigenvalue weighted by molar-refractivity contribution is -0.0758. The maximum absolute atomic E-state index is 16.3. The first-order chi connectivity index (χ1) is 22.5. The molecular weight excluding hydrogens is 591 g/mol. The van der Waals surface area contributed by atoms with Gasteiger partial charge in [-0.25, -0.2) is 24.0 Å². The molecule has 1 fully saturated rings. The molecule has 0 bridgehead atoms. The maximum Gasteiger partial charge on any atom is 0.338 e. The molecule has 0 spiro atoms. The van der Waals surface area contributed by atoms with Gasteiger partial charge < -0.3 is 14.2 Å². The topological polar surface area (TPSA) is 110 Å². The van der Waals surface area contributed by atoms with Gasteiger partial charge in [-0.2, -0.15) is 10.2 Å². The van der Waals surface area contributed by atoms with Gasteiger partial charge in [0.25, 0.3) is 5.91 Å². The van der Waals surface area contributed by atoms with E-state index in [0.717, 1.165) is 16.7 Å². The molecule has 3 aliphatic heterocycles. The number of esters is 2. The number of rotatable bonds is 7. The van der Waals surface area contributed by atoms with E-state index in [4.69, 9.17) is 14.2 Å². The summed E-state index contributed by atoms with van der Waals surface area (Å²) in [5, 5.41) is 11.9. The number of halogens is 1. The number of amides is 1. The van der Waals surface area contributed by atoms with Crippen molar-refractivity contribution in [1.82, 2.24) is 10.0 Å². The molecule has 11 heteroatoms. The van der Waals surface area contributed by atoms with Gasteiger partial charge in [0.2, 0.25) is 0 Å². The first-order valence-corrected chi connectivity index (χ1v) is 15.0. The standard InChI is InChI=1S/C35H29FN4O6/c36-30-31(46-35(43)24-14-8-3-9-15-24)28(21-44-34(42)23-12-6-2-7-13-23)45-33(30)40-20-26-17-16-25-19-39(37-18-27(38-40)29(25)26)32(41)22-10-4-1-5-11-22/h1-15,18,20,28,30-31,33H,16-17,19,21H2/t28-,30-,31-,33-/m1/s1. The Balaban J connectivity index is 1.14. The van der Waals surface area contributed by atoms with Crippen LogP contribution in [0.15, 0.2) is 124 Å². The molecule has 4 aliphatic rings. The maximum atomic E-state index is 16.3. The molecule has 232 valence electrons. The molecule has 3 aromatic rings. The molecule has 7 rings (SSSR count). The third-order valence-corrected chi connectivity index (χ3v) is 8.22. The van der Waals surface area contributed by atoms with E-state index in [1.54, 1.807) is 91.1 Å². The van der Waals surface area contributed by atoms with Crippen LogP contribution in [0, 0.1) is 0 Å². The third kappa shape index (κ3) is 5.72. The van der Waals surface area contributed by atoms with E-state index >= 15 is 4.39 Å². The Morgan fingerprint density at radius 3 is 2.15 bits per heavy atom. The van der Waals surface area contributed by atoms with Crippen molar-refractivity contribution in [3.05, 3.63) is 131 Å². The third-order valence-electron chi connectivity index (χ3n) is 8.22. The van der Waals surface area contributed by atoms with Crippen LogP contribution in [0.2, 0.25) is 0 Å². The molecule has 1 saturated heterocycles. The van der Waals surface area contributed by atoms with Crippen molar-refractivity contribution in [2.45, 2.75) is 37.4 Å². The minimum Gasteiger partial charge on any atom is -0.459 e. The van der Waals surface area contributed by atoms with Gasteiger partial charge in [-0.05, 0) is 60.4 Å². The molecule has 0 unspecified atom stereocenters. The minimum absolute atomic E-state index is 0.239. The van der Waals surface area contributed by atoms with Crippen LogP contribution in [0.25, 0.3) is 0 Å². The summed E-state index contributed by atoms with van der Waals surface area (Å²) in [4.78, 5) is 38.9. The van der Waals surface area contributed by atoms with Gasteiger partial charge in [-0.3, -0.25) is 4.79 Å². The summed E-state index contributed by atoms with van der Waals surface area (Å²) in [6.45, 7) is -0.0420. The summed E-state index contributed by atoms with van der Waals surface area (Å²) >= 11 is 0. The fourth-order valence-corrected chi connectivity index (χ4v) is 5.94. The van der Waals surface area contributed by atoms with E-state index in [9.17, 15) is 14.4 Å². The van der Waals surface area contributed by atoms with E-state index in [1.807, 2.05) is 6.07 Å². The molecule has 46 heavy (non-hydrogen) atoms. The summed E-state index contributed by atoms with van der Waals surface area (Å²) in [6, 6.07) is 25.5. The summed E-state index contributed by atoms with van der Waals surface area (Å²) in [5.74, 6) is -1.59. The highest BCUT2D eigenvalue weighted by atomic mass is 19.1. The van der Waals surface area contributed by atoms with Gasteiger partial charge in [-0.1, -0.05) is 54.6 Å². The van der Waals surface area contributed by atoms with Crippen molar-refractivity contribution in [1.29, 1.82) is 0 Å². The van der Waals surface area contributed by atoms with Crippen LogP contribution >= 0.6 is 0 Å². The SMILES string of the molecule is O=C(OC[C@H]1O[C@@H](N2C=C3CCC4=C3C(=N2)C=NN(C(=O)c2ccccc2)C4)[C@H](F)[C@@H]1OC(=O)c1ccccc1)c1ccccc1. The van der Waals surface area contributed by atoms with Gasteiger partial charge in [0, 0.05) is 17.3 Å². The van der Waals surface area contributed by atoms with Crippen LogP contribution in [0.3, 0.4) is 0 Å². The van der Waals surface area contributed by atoms with Gasteiger partial charge in [0.1, 0.15) is 18.4 Å². The quantitative estimate of drug-likeness (QED) is 0.345. The molecule has 3 aromatic carbocycles. The molecule has 10 nitrogen and oxygen atoms in total. The molecule has 1 aliphatic carbocycles. The highest BCUT2D eigenvalue weighted by Gasteiger charge is 2.51. The fraction of sp³-hybridized carbons (Fsp3) is 0.229. The molecule has 1 amide bonds. The highest BCUT2D eigenvalue weighted by molar-refractivity contribution is 6.40. The summed E-state index contributed by atoms with van der Waals surface area (Å²) in [7, 11) is 0. The van der Waals surface area contributed by atoms with Crippen LogP contribution in [0.4, 0.5) is 4.39 Å². The first-order valence-electron chi connectivity index (χ1n) is 15.0. The molecular formula is C35H29FN4O6. The highest BCUT2D eigenvalue weighted by Crippen LogP contribution is 2.39. The number of carbonyl (C=O) groups is 3. The number of hydrazone groups is 2. The van der Waals surface area contributed by atoms with Crippen molar-refractivity contribution < 1.29 is 33.0 Å². The predicted molar refractivity (Wildman–Crippen MR) is 166 cm³/mol. The van der Waals surface area contributed by atoms with Crippen LogP contribution < -0.4 is 0 Å². The average molecular weight is 621 g/mol. The molecule has 0 N–H and O–H groups in total. The Kier molecular flexibility index (Phi) is 7.98. The van der Waals surface area contributed by atoms with E-state index in [2.05, 4.69) is 10.2 Å². The number of ether oxygens (including phenoxy) is 3. The Morgan fingerprint density at radius 1 is 0.848 bits per heavy atom. The molecule has 0 radical (unpaired) electrons. The smallest absolute Gasteiger partial charge is 0.338 e. The van der Waals surface area contributed by atoms with E-state index in [1.165, 1.54) is 16.2 Å². The van der Waals surface area contributed by atoms with E-state index < -0.39 is 36.5 Å². The lowest BCUT2D eigenvalue weighted by Crippen LogP contribution is -2.40. The number of allylic oxidation sites excluding steroid dienone is 2. The zero-order valence-electron chi connectivity index (χ0n) is 24.6. The zero-order valence-corrected chi connectivity index (χ0v) is 24.6. The Morgan fingerprint density at radius 2 is 1.48 bits per heavy atom.